The molecule has 28 heavy (non-hydrogen) atoms. The van der Waals surface area contributed by atoms with Crippen LogP contribution >= 0.6 is 0 Å². The molecule has 0 radical (unpaired) electrons. The largest absolute Gasteiger partial charge is 0.349 e. The first kappa shape index (κ1) is 21.6. The maximum Gasteiger partial charge on any atom is 0.240 e. The van der Waals surface area contributed by atoms with E-state index in [1.54, 1.807) is 13.8 Å². The molecule has 0 saturated heterocycles. The van der Waals surface area contributed by atoms with Gasteiger partial charge in [-0.05, 0) is 43.7 Å². The van der Waals surface area contributed by atoms with E-state index < -0.39 is 16.1 Å². The quantitative estimate of drug-likeness (QED) is 0.630. The van der Waals surface area contributed by atoms with Crippen molar-refractivity contribution in [3.8, 4) is 0 Å². The minimum Gasteiger partial charge on any atom is -0.349 e. The van der Waals surface area contributed by atoms with E-state index in [9.17, 15) is 18.0 Å². The molecular weight excluding hydrogens is 378 g/mol. The average Bonchev–Trinajstić information content (AvgIpc) is 2.61. The van der Waals surface area contributed by atoms with Crippen LogP contribution < -0.4 is 15.4 Å². The number of anilines is 1. The minimum atomic E-state index is -3.58. The van der Waals surface area contributed by atoms with Crippen LogP contribution in [-0.4, -0.2) is 26.3 Å². The summed E-state index contributed by atoms with van der Waals surface area (Å²) in [5, 5.41) is 5.50. The van der Waals surface area contributed by atoms with Gasteiger partial charge in [0.2, 0.25) is 21.8 Å². The van der Waals surface area contributed by atoms with Gasteiger partial charge in [-0.1, -0.05) is 30.3 Å². The Hall–Kier alpha value is -2.71. The van der Waals surface area contributed by atoms with Crippen LogP contribution in [0.15, 0.2) is 59.5 Å². The zero-order chi connectivity index (χ0) is 20.7. The molecule has 0 fully saturated rings. The standard InChI is InChI=1S/C20H25N3O4S/c1-14(2)23-28(26,27)18-11-9-17(10-12-18)22-20(25)13-19(21-15(3)24)16-7-5-4-6-8-16/h4-12,14,19,23H,13H2,1-3H3,(H,21,24)(H,22,25)/t19-/m0/s1. The summed E-state index contributed by atoms with van der Waals surface area (Å²) in [5.74, 6) is -0.521. The predicted molar refractivity (Wildman–Crippen MR) is 108 cm³/mol. The molecule has 0 saturated carbocycles. The summed E-state index contributed by atoms with van der Waals surface area (Å²) in [7, 11) is -3.58. The highest BCUT2D eigenvalue weighted by Gasteiger charge is 2.18. The number of amides is 2. The Labute approximate surface area is 165 Å². The highest BCUT2D eigenvalue weighted by atomic mass is 32.2. The maximum atomic E-state index is 12.4. The van der Waals surface area contributed by atoms with Crippen molar-refractivity contribution in [2.45, 2.75) is 44.2 Å². The molecule has 2 aromatic rings. The highest BCUT2D eigenvalue weighted by molar-refractivity contribution is 7.89. The molecule has 7 nitrogen and oxygen atoms in total. The molecule has 0 aliphatic rings. The topological polar surface area (TPSA) is 104 Å². The van der Waals surface area contributed by atoms with E-state index in [2.05, 4.69) is 15.4 Å². The molecule has 3 N–H and O–H groups in total. The van der Waals surface area contributed by atoms with Gasteiger partial charge in [0.05, 0.1) is 17.4 Å². The first-order valence-corrected chi connectivity index (χ1v) is 10.4. The normalized spacial score (nSPS) is 12.4. The van der Waals surface area contributed by atoms with Crippen LogP contribution in [0.4, 0.5) is 5.69 Å². The summed E-state index contributed by atoms with van der Waals surface area (Å²) in [6, 6.07) is 14.5. The van der Waals surface area contributed by atoms with E-state index in [4.69, 9.17) is 0 Å². The van der Waals surface area contributed by atoms with Crippen LogP contribution in [-0.2, 0) is 19.6 Å². The minimum absolute atomic E-state index is 0.0541. The Kier molecular flexibility index (Phi) is 7.31. The summed E-state index contributed by atoms with van der Waals surface area (Å²) < 4.78 is 26.8. The van der Waals surface area contributed by atoms with Gasteiger partial charge in [-0.25, -0.2) is 13.1 Å². The Morgan fingerprint density at radius 2 is 1.57 bits per heavy atom. The molecule has 2 amide bonds. The van der Waals surface area contributed by atoms with Gasteiger partial charge in [0.1, 0.15) is 0 Å². The molecule has 0 aliphatic carbocycles. The average molecular weight is 404 g/mol. The highest BCUT2D eigenvalue weighted by Crippen LogP contribution is 2.19. The van der Waals surface area contributed by atoms with Gasteiger partial charge in [0.15, 0.2) is 0 Å². The first-order valence-electron chi connectivity index (χ1n) is 8.91. The SMILES string of the molecule is CC(=O)N[C@@H](CC(=O)Nc1ccc(S(=O)(=O)NC(C)C)cc1)c1ccccc1. The van der Waals surface area contributed by atoms with Gasteiger partial charge in [-0.3, -0.25) is 9.59 Å². The van der Waals surface area contributed by atoms with E-state index in [1.165, 1.54) is 31.2 Å². The Morgan fingerprint density at radius 3 is 2.11 bits per heavy atom. The van der Waals surface area contributed by atoms with Crippen LogP contribution in [0.3, 0.4) is 0 Å². The summed E-state index contributed by atoms with van der Waals surface area (Å²) in [4.78, 5) is 24.0. The van der Waals surface area contributed by atoms with Crippen molar-refractivity contribution in [2.75, 3.05) is 5.32 Å². The van der Waals surface area contributed by atoms with Crippen LogP contribution in [0.25, 0.3) is 0 Å². The second-order valence-corrected chi connectivity index (χ2v) is 8.43. The second-order valence-electron chi connectivity index (χ2n) is 6.72. The molecule has 2 aromatic carbocycles. The van der Waals surface area contributed by atoms with Crippen molar-refractivity contribution in [1.82, 2.24) is 10.0 Å². The summed E-state index contributed by atoms with van der Waals surface area (Å²) in [6.45, 7) is 4.88. The Morgan fingerprint density at radius 1 is 0.964 bits per heavy atom. The smallest absolute Gasteiger partial charge is 0.240 e. The third-order valence-electron chi connectivity index (χ3n) is 3.81. The van der Waals surface area contributed by atoms with E-state index in [-0.39, 0.29) is 29.2 Å². The number of nitrogens with one attached hydrogen (secondary N) is 3. The lowest BCUT2D eigenvalue weighted by atomic mass is 10.0. The van der Waals surface area contributed by atoms with Crippen LogP contribution in [0.5, 0.6) is 0 Å². The molecule has 8 heteroatoms. The van der Waals surface area contributed by atoms with Crippen molar-refractivity contribution in [3.05, 3.63) is 60.2 Å². The van der Waals surface area contributed by atoms with E-state index >= 15 is 0 Å². The Bertz CT molecular complexity index is 910. The van der Waals surface area contributed by atoms with Crippen molar-refractivity contribution in [2.24, 2.45) is 0 Å². The van der Waals surface area contributed by atoms with Crippen molar-refractivity contribution in [3.63, 3.8) is 0 Å². The number of rotatable bonds is 8. The van der Waals surface area contributed by atoms with Crippen molar-refractivity contribution < 1.29 is 18.0 Å². The molecule has 0 heterocycles. The summed E-state index contributed by atoms with van der Waals surface area (Å²) >= 11 is 0. The molecule has 150 valence electrons. The lowest BCUT2D eigenvalue weighted by molar-refractivity contribution is -0.120. The predicted octanol–water partition coefficient (Wildman–Crippen LogP) is 2.58. The zero-order valence-corrected chi connectivity index (χ0v) is 16.9. The van der Waals surface area contributed by atoms with E-state index in [0.29, 0.717) is 5.69 Å². The molecule has 2 rings (SSSR count). The number of carbonyl (C=O) groups is 2. The van der Waals surface area contributed by atoms with Gasteiger partial charge in [0.25, 0.3) is 0 Å². The first-order chi connectivity index (χ1) is 13.2. The number of hydrogen-bond acceptors (Lipinski definition) is 4. The number of hydrogen-bond donors (Lipinski definition) is 3. The molecular formula is C20H25N3O4S. The molecule has 0 spiro atoms. The third kappa shape index (κ3) is 6.47. The lowest BCUT2D eigenvalue weighted by Crippen LogP contribution is -2.30. The fourth-order valence-corrected chi connectivity index (χ4v) is 3.93. The lowest BCUT2D eigenvalue weighted by Gasteiger charge is -2.18. The monoisotopic (exact) mass is 403 g/mol. The number of sulfonamides is 1. The van der Waals surface area contributed by atoms with Crippen molar-refractivity contribution >= 4 is 27.5 Å². The van der Waals surface area contributed by atoms with Gasteiger partial charge >= 0.3 is 0 Å². The van der Waals surface area contributed by atoms with Gasteiger partial charge in [0, 0.05) is 18.7 Å². The number of carbonyl (C=O) groups excluding carboxylic acids is 2. The molecule has 0 bridgehead atoms. The molecule has 0 aliphatic heterocycles. The van der Waals surface area contributed by atoms with E-state index in [0.717, 1.165) is 5.56 Å². The second kappa shape index (κ2) is 9.48. The molecule has 0 aromatic heterocycles. The summed E-state index contributed by atoms with van der Waals surface area (Å²) in [6.07, 6.45) is 0.0541. The molecule has 0 unspecified atom stereocenters. The van der Waals surface area contributed by atoms with Gasteiger partial charge in [-0.2, -0.15) is 0 Å². The van der Waals surface area contributed by atoms with Crippen LogP contribution in [0.2, 0.25) is 0 Å². The fourth-order valence-electron chi connectivity index (χ4n) is 2.68. The zero-order valence-electron chi connectivity index (χ0n) is 16.1. The van der Waals surface area contributed by atoms with Gasteiger partial charge in [-0.15, -0.1) is 0 Å². The van der Waals surface area contributed by atoms with Gasteiger partial charge < -0.3 is 10.6 Å². The van der Waals surface area contributed by atoms with Crippen LogP contribution in [0, 0.1) is 0 Å². The number of benzene rings is 2. The molecule has 1 atom stereocenters. The van der Waals surface area contributed by atoms with Crippen LogP contribution in [0.1, 0.15) is 38.8 Å². The maximum absolute atomic E-state index is 12.4. The van der Waals surface area contributed by atoms with E-state index in [1.807, 2.05) is 30.3 Å². The van der Waals surface area contributed by atoms with Crippen molar-refractivity contribution in [1.29, 1.82) is 0 Å². The fraction of sp³-hybridized carbons (Fsp3) is 0.300. The Balaban J connectivity index is 2.06. The third-order valence-corrected chi connectivity index (χ3v) is 5.48. The summed E-state index contributed by atoms with van der Waals surface area (Å²) in [5.41, 5.74) is 1.30.